The van der Waals surface area contributed by atoms with Crippen molar-refractivity contribution in [3.8, 4) is 17.6 Å². The number of methoxy groups -OCH3 is 1. The molecule has 0 saturated heterocycles. The van der Waals surface area contributed by atoms with Crippen LogP contribution in [0.2, 0.25) is 0 Å². The fourth-order valence-corrected chi connectivity index (χ4v) is 2.37. The average molecular weight is 427 g/mol. The Kier molecular flexibility index (Phi) is 7.36. The molecule has 2 aromatic rings. The van der Waals surface area contributed by atoms with Gasteiger partial charge in [-0.2, -0.15) is 14.0 Å². The van der Waals surface area contributed by atoms with Gasteiger partial charge in [-0.15, -0.1) is 0 Å². The molecule has 0 unspecified atom stereocenters. The molecule has 10 heteroatoms. The number of rotatable bonds is 7. The maximum Gasteiger partial charge on any atom is 0.348 e. The van der Waals surface area contributed by atoms with Crippen LogP contribution in [0.3, 0.4) is 0 Å². The summed E-state index contributed by atoms with van der Waals surface area (Å²) in [5.41, 5.74) is 0.140. The summed E-state index contributed by atoms with van der Waals surface area (Å²) in [4.78, 5) is 11.7. The van der Waals surface area contributed by atoms with Crippen molar-refractivity contribution in [1.82, 2.24) is 0 Å². The molecule has 0 aliphatic carbocycles. The second-order valence-electron chi connectivity index (χ2n) is 5.65. The maximum absolute atomic E-state index is 13.8. The van der Waals surface area contributed by atoms with Crippen LogP contribution in [-0.2, 0) is 16.1 Å². The van der Waals surface area contributed by atoms with Crippen LogP contribution in [0.4, 0.5) is 22.0 Å². The lowest BCUT2D eigenvalue weighted by Crippen LogP contribution is -2.08. The van der Waals surface area contributed by atoms with E-state index in [4.69, 9.17) is 19.5 Å². The van der Waals surface area contributed by atoms with Gasteiger partial charge in [0.1, 0.15) is 24.0 Å². The number of hydrogen-bond acceptors (Lipinski definition) is 5. The van der Waals surface area contributed by atoms with Gasteiger partial charge < -0.3 is 14.2 Å². The van der Waals surface area contributed by atoms with Gasteiger partial charge in [0.2, 0.25) is 29.1 Å². The van der Waals surface area contributed by atoms with Crippen LogP contribution in [0.25, 0.3) is 6.08 Å². The number of esters is 1. The fraction of sp³-hybridized carbons (Fsp3) is 0.200. The predicted octanol–water partition coefficient (Wildman–Crippen LogP) is 4.44. The summed E-state index contributed by atoms with van der Waals surface area (Å²) < 4.78 is 82.0. The number of nitrogens with zero attached hydrogens (tertiary/aromatic N) is 1. The highest BCUT2D eigenvalue weighted by Crippen LogP contribution is 2.31. The minimum atomic E-state index is -2.30. The van der Waals surface area contributed by atoms with Crippen molar-refractivity contribution in [1.29, 1.82) is 5.26 Å². The molecule has 0 radical (unpaired) electrons. The second kappa shape index (κ2) is 9.73. The molecule has 0 spiro atoms. The van der Waals surface area contributed by atoms with Gasteiger partial charge in [0.15, 0.2) is 5.75 Å². The van der Waals surface area contributed by atoms with E-state index in [9.17, 15) is 26.7 Å². The van der Waals surface area contributed by atoms with Crippen molar-refractivity contribution in [3.05, 3.63) is 64.0 Å². The van der Waals surface area contributed by atoms with E-state index in [2.05, 4.69) is 0 Å². The number of carbonyl (C=O) groups is 1. The van der Waals surface area contributed by atoms with Crippen LogP contribution >= 0.6 is 0 Å². The van der Waals surface area contributed by atoms with Gasteiger partial charge in [0, 0.05) is 5.56 Å². The van der Waals surface area contributed by atoms with E-state index in [0.29, 0.717) is 5.56 Å². The van der Waals surface area contributed by atoms with Crippen LogP contribution in [0, 0.1) is 40.4 Å². The summed E-state index contributed by atoms with van der Waals surface area (Å²) in [6.45, 7) is 0.987. The molecule has 158 valence electrons. The molecule has 0 atom stereocenters. The number of benzene rings is 2. The Morgan fingerprint density at radius 3 is 2.20 bits per heavy atom. The SMILES string of the molecule is CCOC(=O)C(C#N)=Cc1ccc(OC)c(COc2c(F)c(F)c(F)c(F)c2F)c1. The lowest BCUT2D eigenvalue weighted by molar-refractivity contribution is -0.137. The largest absolute Gasteiger partial charge is 0.496 e. The Hall–Kier alpha value is -3.61. The minimum absolute atomic E-state index is 0.0570. The smallest absolute Gasteiger partial charge is 0.348 e. The molecule has 0 aromatic heterocycles. The van der Waals surface area contributed by atoms with Gasteiger partial charge in [-0.3, -0.25) is 0 Å². The lowest BCUT2D eigenvalue weighted by Gasteiger charge is -2.13. The average Bonchev–Trinajstić information content (AvgIpc) is 2.74. The maximum atomic E-state index is 13.8. The number of nitriles is 1. The van der Waals surface area contributed by atoms with Crippen molar-refractivity contribution in [2.45, 2.75) is 13.5 Å². The molecular weight excluding hydrogens is 413 g/mol. The zero-order chi connectivity index (χ0) is 22.4. The molecular formula is C20H14F5NO4. The topological polar surface area (TPSA) is 68.6 Å². The highest BCUT2D eigenvalue weighted by atomic mass is 19.2. The van der Waals surface area contributed by atoms with E-state index in [1.165, 1.54) is 31.4 Å². The van der Waals surface area contributed by atoms with Crippen molar-refractivity contribution in [2.24, 2.45) is 0 Å². The number of halogens is 5. The molecule has 30 heavy (non-hydrogen) atoms. The van der Waals surface area contributed by atoms with E-state index in [1.54, 1.807) is 13.0 Å². The summed E-state index contributed by atoms with van der Waals surface area (Å²) in [6, 6.07) is 5.90. The summed E-state index contributed by atoms with van der Waals surface area (Å²) in [7, 11) is 1.28. The minimum Gasteiger partial charge on any atom is -0.496 e. The molecule has 0 aliphatic rings. The molecule has 2 rings (SSSR count). The van der Waals surface area contributed by atoms with Gasteiger partial charge in [-0.25, -0.2) is 18.0 Å². The molecule has 0 aliphatic heterocycles. The van der Waals surface area contributed by atoms with E-state index in [-0.39, 0.29) is 23.5 Å². The Morgan fingerprint density at radius 1 is 1.07 bits per heavy atom. The third kappa shape index (κ3) is 4.68. The van der Waals surface area contributed by atoms with E-state index in [0.717, 1.165) is 0 Å². The molecule has 0 amide bonds. The quantitative estimate of drug-likeness (QED) is 0.163. The Bertz CT molecular complexity index is 1020. The normalized spacial score (nSPS) is 11.1. The first-order valence-corrected chi connectivity index (χ1v) is 8.35. The zero-order valence-corrected chi connectivity index (χ0v) is 15.7. The third-order valence-corrected chi connectivity index (χ3v) is 3.77. The van der Waals surface area contributed by atoms with Crippen LogP contribution in [0.1, 0.15) is 18.1 Å². The molecule has 0 saturated carbocycles. The predicted molar refractivity (Wildman–Crippen MR) is 93.8 cm³/mol. The Balaban J connectivity index is 2.39. The van der Waals surface area contributed by atoms with E-state index < -0.39 is 47.4 Å². The highest BCUT2D eigenvalue weighted by Gasteiger charge is 2.27. The van der Waals surface area contributed by atoms with Crippen molar-refractivity contribution in [2.75, 3.05) is 13.7 Å². The van der Waals surface area contributed by atoms with E-state index >= 15 is 0 Å². The van der Waals surface area contributed by atoms with Crippen molar-refractivity contribution in [3.63, 3.8) is 0 Å². The number of carbonyl (C=O) groups excluding carboxylic acids is 1. The number of hydrogen-bond donors (Lipinski definition) is 0. The third-order valence-electron chi connectivity index (χ3n) is 3.77. The first-order valence-electron chi connectivity index (χ1n) is 8.35. The monoisotopic (exact) mass is 427 g/mol. The fourth-order valence-electron chi connectivity index (χ4n) is 2.37. The first kappa shape index (κ1) is 22.7. The summed E-state index contributed by atoms with van der Waals surface area (Å²) in [5.74, 6) is -12.9. The zero-order valence-electron chi connectivity index (χ0n) is 15.7. The Morgan fingerprint density at radius 2 is 1.67 bits per heavy atom. The summed E-state index contributed by atoms with van der Waals surface area (Å²) >= 11 is 0. The summed E-state index contributed by atoms with van der Waals surface area (Å²) in [5, 5.41) is 9.09. The molecule has 0 heterocycles. The standard InChI is InChI=1S/C20H14F5NO4/c1-3-29-20(27)11(8-26)6-10-4-5-13(28-2)12(7-10)9-30-19-17(24)15(22)14(21)16(23)18(19)25/h4-7H,3,9H2,1-2H3. The van der Waals surface area contributed by atoms with Crippen LogP contribution in [0.15, 0.2) is 23.8 Å². The van der Waals surface area contributed by atoms with Crippen LogP contribution in [-0.4, -0.2) is 19.7 Å². The van der Waals surface area contributed by atoms with Gasteiger partial charge in [-0.05, 0) is 30.7 Å². The second-order valence-corrected chi connectivity index (χ2v) is 5.65. The van der Waals surface area contributed by atoms with Crippen LogP contribution < -0.4 is 9.47 Å². The lowest BCUT2D eigenvalue weighted by atomic mass is 10.1. The molecule has 2 aromatic carbocycles. The first-order chi connectivity index (χ1) is 14.2. The number of ether oxygens (including phenoxy) is 3. The van der Waals surface area contributed by atoms with Crippen molar-refractivity contribution >= 4 is 12.0 Å². The molecule has 0 fully saturated rings. The highest BCUT2D eigenvalue weighted by molar-refractivity contribution is 5.97. The molecule has 0 N–H and O–H groups in total. The summed E-state index contributed by atoms with van der Waals surface area (Å²) in [6.07, 6.45) is 1.19. The van der Waals surface area contributed by atoms with Crippen LogP contribution in [0.5, 0.6) is 11.5 Å². The van der Waals surface area contributed by atoms with E-state index in [1.807, 2.05) is 0 Å². The molecule has 5 nitrogen and oxygen atoms in total. The van der Waals surface area contributed by atoms with Gasteiger partial charge >= 0.3 is 5.97 Å². The van der Waals surface area contributed by atoms with Crippen molar-refractivity contribution < 1.29 is 41.0 Å². The van der Waals surface area contributed by atoms with Gasteiger partial charge in [0.05, 0.1) is 13.7 Å². The molecule has 0 bridgehead atoms. The van der Waals surface area contributed by atoms with Gasteiger partial charge in [-0.1, -0.05) is 6.07 Å². The van der Waals surface area contributed by atoms with Gasteiger partial charge in [0.25, 0.3) is 0 Å². The Labute approximate surface area is 167 Å².